The van der Waals surface area contributed by atoms with E-state index in [0.717, 1.165) is 11.1 Å². The zero-order valence-electron chi connectivity index (χ0n) is 23.1. The summed E-state index contributed by atoms with van der Waals surface area (Å²) in [4.78, 5) is 28.3. The maximum atomic E-state index is 13.7. The number of thiocarbonyl (C=S) groups is 1. The molecular weight excluding hydrogens is 628 g/mol. The quantitative estimate of drug-likeness (QED) is 0.132. The fourth-order valence-corrected chi connectivity index (χ4v) is 7.09. The summed E-state index contributed by atoms with van der Waals surface area (Å²) in [5.74, 6) is -1.14. The van der Waals surface area contributed by atoms with Gasteiger partial charge in [0.05, 0.1) is 11.1 Å². The molecule has 6 nitrogen and oxygen atoms in total. The predicted molar refractivity (Wildman–Crippen MR) is 157 cm³/mol. The number of halogens is 6. The van der Waals surface area contributed by atoms with E-state index in [1.807, 2.05) is 60.7 Å². The molecular formula is C30H25F6N3O3S2. The largest absolute Gasteiger partial charge is 0.451 e. The summed E-state index contributed by atoms with van der Waals surface area (Å²) in [5, 5.41) is 4.06. The van der Waals surface area contributed by atoms with E-state index in [0.29, 0.717) is 12.1 Å². The molecule has 5 rings (SSSR count). The second-order valence-corrected chi connectivity index (χ2v) is 12.9. The average Bonchev–Trinajstić information content (AvgIpc) is 3.22. The fourth-order valence-electron chi connectivity index (χ4n) is 5.23. The molecule has 3 aromatic carbocycles. The molecule has 0 spiro atoms. The number of amides is 1. The van der Waals surface area contributed by atoms with Crippen LogP contribution in [-0.4, -0.2) is 44.1 Å². The van der Waals surface area contributed by atoms with Crippen molar-refractivity contribution in [3.8, 4) is 0 Å². The number of esters is 1. The minimum absolute atomic E-state index is 0.00556. The highest BCUT2D eigenvalue weighted by molar-refractivity contribution is 8.01. The number of nitrogens with one attached hydrogen (secondary N) is 2. The number of anilines is 1. The summed E-state index contributed by atoms with van der Waals surface area (Å²) < 4.78 is 84.8. The molecule has 1 amide bonds. The van der Waals surface area contributed by atoms with E-state index >= 15 is 0 Å². The lowest BCUT2D eigenvalue weighted by Gasteiger charge is -2.44. The van der Waals surface area contributed by atoms with Crippen molar-refractivity contribution >= 4 is 46.7 Å². The van der Waals surface area contributed by atoms with Crippen LogP contribution in [-0.2, 0) is 26.7 Å². The summed E-state index contributed by atoms with van der Waals surface area (Å²) in [7, 11) is 0. The lowest BCUT2D eigenvalue weighted by Crippen LogP contribution is -2.71. The summed E-state index contributed by atoms with van der Waals surface area (Å²) in [6.07, 6.45) is -10.8. The molecule has 232 valence electrons. The molecule has 3 atom stereocenters. The first kappa shape index (κ1) is 31.6. The van der Waals surface area contributed by atoms with Gasteiger partial charge in [0.1, 0.15) is 17.5 Å². The first-order valence-corrected chi connectivity index (χ1v) is 14.5. The van der Waals surface area contributed by atoms with Crippen LogP contribution in [0.4, 0.5) is 32.0 Å². The zero-order valence-corrected chi connectivity index (χ0v) is 24.7. The van der Waals surface area contributed by atoms with Crippen LogP contribution >= 0.6 is 24.0 Å². The Morgan fingerprint density at radius 1 is 0.909 bits per heavy atom. The highest BCUT2D eigenvalue weighted by Crippen LogP contribution is 2.51. The Morgan fingerprint density at radius 2 is 1.41 bits per heavy atom. The van der Waals surface area contributed by atoms with Crippen molar-refractivity contribution in [1.29, 1.82) is 0 Å². The van der Waals surface area contributed by atoms with E-state index in [-0.39, 0.29) is 11.2 Å². The molecule has 2 saturated heterocycles. The number of rotatable bonds is 6. The van der Waals surface area contributed by atoms with E-state index in [1.165, 1.54) is 16.7 Å². The van der Waals surface area contributed by atoms with Gasteiger partial charge >= 0.3 is 18.3 Å². The van der Waals surface area contributed by atoms with Crippen LogP contribution in [0.1, 0.15) is 42.2 Å². The number of carbonyl (C=O) groups is 2. The van der Waals surface area contributed by atoms with Gasteiger partial charge in [-0.2, -0.15) is 26.3 Å². The normalized spacial score (nSPS) is 21.0. The number of nitrogens with zero attached hydrogens (tertiary/aromatic N) is 1. The lowest BCUT2D eigenvalue weighted by molar-refractivity contribution is -0.165. The molecule has 44 heavy (non-hydrogen) atoms. The molecule has 14 heteroatoms. The second kappa shape index (κ2) is 11.6. The number of alkyl halides is 6. The SMILES string of the molecule is CC1(C)SC2C(NC(=S)Nc3cc(C(F)(F)F)cc(C(F)(F)F)c3)C(=O)N2[C@H]1C(=O)OC(c1ccccc1)c1ccccc1. The van der Waals surface area contributed by atoms with Crippen molar-refractivity contribution in [2.75, 3.05) is 5.32 Å². The maximum absolute atomic E-state index is 13.7. The monoisotopic (exact) mass is 653 g/mol. The van der Waals surface area contributed by atoms with Crippen LogP contribution in [0.5, 0.6) is 0 Å². The zero-order chi connectivity index (χ0) is 32.0. The van der Waals surface area contributed by atoms with Gasteiger partial charge in [-0.3, -0.25) is 4.79 Å². The molecule has 0 bridgehead atoms. The third-order valence-corrected chi connectivity index (χ3v) is 9.03. The van der Waals surface area contributed by atoms with Crippen molar-refractivity contribution in [3.63, 3.8) is 0 Å². The van der Waals surface area contributed by atoms with Gasteiger partial charge in [-0.15, -0.1) is 11.8 Å². The van der Waals surface area contributed by atoms with Gasteiger partial charge < -0.3 is 20.3 Å². The van der Waals surface area contributed by atoms with Crippen molar-refractivity contribution in [3.05, 3.63) is 101 Å². The molecule has 2 aliphatic rings. The molecule has 2 heterocycles. The van der Waals surface area contributed by atoms with E-state index < -0.39 is 69.4 Å². The first-order valence-electron chi connectivity index (χ1n) is 13.2. The summed E-state index contributed by atoms with van der Waals surface area (Å²) in [5.41, 5.74) is -2.10. The van der Waals surface area contributed by atoms with Gasteiger partial charge in [-0.05, 0) is 55.4 Å². The average molecular weight is 654 g/mol. The molecule has 2 N–H and O–H groups in total. The highest BCUT2D eigenvalue weighted by Gasteiger charge is 2.64. The Morgan fingerprint density at radius 3 is 1.89 bits per heavy atom. The summed E-state index contributed by atoms with van der Waals surface area (Å²) in [6, 6.07) is 17.3. The highest BCUT2D eigenvalue weighted by atomic mass is 32.2. The minimum Gasteiger partial charge on any atom is -0.451 e. The Kier molecular flexibility index (Phi) is 8.35. The van der Waals surface area contributed by atoms with Crippen LogP contribution in [0, 0.1) is 0 Å². The minimum atomic E-state index is -5.03. The van der Waals surface area contributed by atoms with Crippen molar-refractivity contribution in [1.82, 2.24) is 10.2 Å². The Balaban J connectivity index is 1.31. The smallest absolute Gasteiger partial charge is 0.416 e. The van der Waals surface area contributed by atoms with Gasteiger partial charge in [0.2, 0.25) is 5.91 Å². The number of fused-ring (bicyclic) bond motifs is 1. The molecule has 2 aliphatic heterocycles. The molecule has 2 unspecified atom stereocenters. The van der Waals surface area contributed by atoms with Crippen molar-refractivity contribution < 1.29 is 40.7 Å². The van der Waals surface area contributed by atoms with Crippen LogP contribution in [0.25, 0.3) is 0 Å². The molecule has 0 aromatic heterocycles. The Labute approximate surface area is 258 Å². The van der Waals surface area contributed by atoms with Gasteiger partial charge in [-0.25, -0.2) is 4.79 Å². The number of benzene rings is 3. The van der Waals surface area contributed by atoms with Crippen molar-refractivity contribution in [2.45, 2.75) is 54.5 Å². The second-order valence-electron chi connectivity index (χ2n) is 10.8. The first-order chi connectivity index (χ1) is 20.6. The van der Waals surface area contributed by atoms with E-state index in [2.05, 4.69) is 10.6 Å². The van der Waals surface area contributed by atoms with Gasteiger partial charge in [0, 0.05) is 10.4 Å². The standard InChI is InChI=1S/C30H25F6N3O3S2/c1-28(2)23(26(41)42-22(16-9-5-3-6-10-16)17-11-7-4-8-12-17)39-24(40)21(25(39)44-28)38-27(43)37-20-14-18(29(31,32)33)13-19(15-20)30(34,35)36/h3-15,21-23,25H,1-2H3,(H2,37,38,43)/t21?,23-,25?/m0/s1. The van der Waals surface area contributed by atoms with Gasteiger partial charge in [-0.1, -0.05) is 60.7 Å². The van der Waals surface area contributed by atoms with Gasteiger partial charge in [0.15, 0.2) is 11.2 Å². The van der Waals surface area contributed by atoms with Gasteiger partial charge in [0.25, 0.3) is 0 Å². The number of carbonyl (C=O) groups excluding carboxylic acids is 2. The number of β-lactam (4-membered cyclic amide) rings is 1. The third-order valence-electron chi connectivity index (χ3n) is 7.24. The molecule has 2 fully saturated rings. The van der Waals surface area contributed by atoms with Crippen molar-refractivity contribution in [2.24, 2.45) is 0 Å². The van der Waals surface area contributed by atoms with Crippen LogP contribution in [0.2, 0.25) is 0 Å². The summed E-state index contributed by atoms with van der Waals surface area (Å²) in [6.45, 7) is 3.56. The molecule has 0 saturated carbocycles. The maximum Gasteiger partial charge on any atom is 0.416 e. The topological polar surface area (TPSA) is 70.7 Å². The number of ether oxygens (including phenoxy) is 1. The predicted octanol–water partition coefficient (Wildman–Crippen LogP) is 6.77. The molecule has 3 aromatic rings. The Hall–Kier alpha value is -3.78. The van der Waals surface area contributed by atoms with Crippen LogP contribution in [0.3, 0.4) is 0 Å². The van der Waals surface area contributed by atoms with E-state index in [1.54, 1.807) is 13.8 Å². The molecule has 0 aliphatic carbocycles. The fraction of sp³-hybridized carbons (Fsp3) is 0.300. The number of hydrogen-bond acceptors (Lipinski definition) is 5. The third kappa shape index (κ3) is 6.36. The van der Waals surface area contributed by atoms with E-state index in [4.69, 9.17) is 17.0 Å². The van der Waals surface area contributed by atoms with Crippen LogP contribution < -0.4 is 10.6 Å². The summed E-state index contributed by atoms with van der Waals surface area (Å²) >= 11 is 6.45. The Bertz CT molecular complexity index is 1500. The number of thioether (sulfide) groups is 1. The lowest BCUT2D eigenvalue weighted by atomic mass is 9.95. The van der Waals surface area contributed by atoms with E-state index in [9.17, 15) is 35.9 Å². The molecule has 0 radical (unpaired) electrons. The van der Waals surface area contributed by atoms with Crippen LogP contribution in [0.15, 0.2) is 78.9 Å². The number of hydrogen-bond donors (Lipinski definition) is 2.